The molecule has 0 amide bonds. The molecule has 8 heteroatoms. The van der Waals surface area contributed by atoms with Crippen LogP contribution in [0.4, 0.5) is 18.9 Å². The SMILES string of the molecule is O=S(=O)(Nc1ccc(Oc2ccccc2)cc1)C(F)(F)F. The maximum Gasteiger partial charge on any atom is 0.516 e. The molecule has 0 spiro atoms. The van der Waals surface area contributed by atoms with E-state index in [-0.39, 0.29) is 5.69 Å². The Morgan fingerprint density at radius 1 is 0.857 bits per heavy atom. The Hall–Kier alpha value is -2.22. The fourth-order valence-electron chi connectivity index (χ4n) is 1.43. The molecule has 0 aliphatic rings. The van der Waals surface area contributed by atoms with Gasteiger partial charge in [-0.25, -0.2) is 0 Å². The van der Waals surface area contributed by atoms with Crippen LogP contribution in [0.15, 0.2) is 54.6 Å². The molecule has 0 aliphatic carbocycles. The van der Waals surface area contributed by atoms with Crippen molar-refractivity contribution in [3.63, 3.8) is 0 Å². The number of nitrogens with one attached hydrogen (secondary N) is 1. The molecule has 0 bridgehead atoms. The van der Waals surface area contributed by atoms with Crippen molar-refractivity contribution in [2.45, 2.75) is 5.51 Å². The Labute approximate surface area is 119 Å². The predicted octanol–water partition coefficient (Wildman–Crippen LogP) is 3.74. The van der Waals surface area contributed by atoms with Crippen LogP contribution >= 0.6 is 0 Å². The third kappa shape index (κ3) is 3.88. The summed E-state index contributed by atoms with van der Waals surface area (Å²) in [5, 5.41) is 0. The van der Waals surface area contributed by atoms with E-state index in [0.29, 0.717) is 11.5 Å². The highest BCUT2D eigenvalue weighted by atomic mass is 32.2. The second-order valence-electron chi connectivity index (χ2n) is 3.99. The Morgan fingerprint density at radius 3 is 1.90 bits per heavy atom. The molecule has 4 nitrogen and oxygen atoms in total. The van der Waals surface area contributed by atoms with Crippen LogP contribution in [-0.2, 0) is 10.0 Å². The molecule has 0 atom stereocenters. The number of ether oxygens (including phenoxy) is 1. The van der Waals surface area contributed by atoms with Crippen LogP contribution in [0, 0.1) is 0 Å². The zero-order chi connectivity index (χ0) is 15.5. The maximum atomic E-state index is 12.2. The monoisotopic (exact) mass is 317 g/mol. The van der Waals surface area contributed by atoms with E-state index in [4.69, 9.17) is 4.74 Å². The average molecular weight is 317 g/mol. The number of para-hydroxylation sites is 1. The zero-order valence-corrected chi connectivity index (χ0v) is 11.3. The smallest absolute Gasteiger partial charge is 0.457 e. The molecule has 2 rings (SSSR count). The van der Waals surface area contributed by atoms with Crippen molar-refractivity contribution in [1.82, 2.24) is 0 Å². The van der Waals surface area contributed by atoms with Gasteiger partial charge in [0.05, 0.1) is 0 Å². The normalized spacial score (nSPS) is 12.0. The number of rotatable bonds is 4. The fourth-order valence-corrected chi connectivity index (χ4v) is 1.99. The van der Waals surface area contributed by atoms with Gasteiger partial charge in [-0.05, 0) is 36.4 Å². The van der Waals surface area contributed by atoms with Gasteiger partial charge in [0.1, 0.15) is 11.5 Å². The predicted molar refractivity (Wildman–Crippen MR) is 71.6 cm³/mol. The van der Waals surface area contributed by atoms with Gasteiger partial charge in [0.15, 0.2) is 0 Å². The van der Waals surface area contributed by atoms with Gasteiger partial charge in [-0.3, -0.25) is 4.72 Å². The van der Waals surface area contributed by atoms with E-state index >= 15 is 0 Å². The minimum absolute atomic E-state index is 0.201. The summed E-state index contributed by atoms with van der Waals surface area (Å²) in [6.07, 6.45) is 0. The van der Waals surface area contributed by atoms with Crippen LogP contribution in [0.2, 0.25) is 0 Å². The summed E-state index contributed by atoms with van der Waals surface area (Å²) in [4.78, 5) is 0. The lowest BCUT2D eigenvalue weighted by Crippen LogP contribution is -2.29. The van der Waals surface area contributed by atoms with Crippen molar-refractivity contribution in [2.24, 2.45) is 0 Å². The molecule has 112 valence electrons. The molecular weight excluding hydrogens is 307 g/mol. The van der Waals surface area contributed by atoms with Crippen molar-refractivity contribution in [3.8, 4) is 11.5 Å². The zero-order valence-electron chi connectivity index (χ0n) is 10.5. The molecular formula is C13H10F3NO3S. The minimum atomic E-state index is -5.41. The van der Waals surface area contributed by atoms with Gasteiger partial charge in [-0.2, -0.15) is 21.6 Å². The maximum absolute atomic E-state index is 12.2. The van der Waals surface area contributed by atoms with Crippen LogP contribution in [0.3, 0.4) is 0 Å². The Kier molecular flexibility index (Phi) is 4.08. The molecule has 0 unspecified atom stereocenters. The van der Waals surface area contributed by atoms with E-state index in [0.717, 1.165) is 0 Å². The summed E-state index contributed by atoms with van der Waals surface area (Å²) in [6, 6.07) is 13.8. The minimum Gasteiger partial charge on any atom is -0.457 e. The van der Waals surface area contributed by atoms with Crippen LogP contribution < -0.4 is 9.46 Å². The number of sulfonamides is 1. The molecule has 0 saturated carbocycles. The van der Waals surface area contributed by atoms with Crippen molar-refractivity contribution < 1.29 is 26.3 Å². The van der Waals surface area contributed by atoms with E-state index in [1.807, 2.05) is 6.07 Å². The standard InChI is InChI=1S/C13H10F3NO3S/c14-13(15,16)21(18,19)17-10-6-8-12(9-7-10)20-11-4-2-1-3-5-11/h1-9,17H. The number of hydrogen-bond donors (Lipinski definition) is 1. The molecule has 0 saturated heterocycles. The summed E-state index contributed by atoms with van der Waals surface area (Å²) in [7, 11) is -5.41. The largest absolute Gasteiger partial charge is 0.516 e. The van der Waals surface area contributed by atoms with E-state index < -0.39 is 15.5 Å². The first-order chi connectivity index (χ1) is 9.78. The molecule has 2 aromatic carbocycles. The van der Waals surface area contributed by atoms with Crippen molar-refractivity contribution in [1.29, 1.82) is 0 Å². The number of benzene rings is 2. The quantitative estimate of drug-likeness (QED) is 0.934. The summed E-state index contributed by atoms with van der Waals surface area (Å²) >= 11 is 0. The van der Waals surface area contributed by atoms with Gasteiger partial charge in [-0.15, -0.1) is 0 Å². The average Bonchev–Trinajstić information content (AvgIpc) is 2.41. The van der Waals surface area contributed by atoms with Gasteiger partial charge in [0.25, 0.3) is 0 Å². The second-order valence-corrected chi connectivity index (χ2v) is 5.66. The van der Waals surface area contributed by atoms with E-state index in [2.05, 4.69) is 0 Å². The highest BCUT2D eigenvalue weighted by Crippen LogP contribution is 2.27. The number of alkyl halides is 3. The molecule has 0 fully saturated rings. The van der Waals surface area contributed by atoms with E-state index in [9.17, 15) is 21.6 Å². The third-order valence-corrected chi connectivity index (χ3v) is 3.50. The van der Waals surface area contributed by atoms with E-state index in [1.165, 1.54) is 29.0 Å². The summed E-state index contributed by atoms with van der Waals surface area (Å²) in [5.41, 5.74) is -5.56. The van der Waals surface area contributed by atoms with Gasteiger partial charge in [-0.1, -0.05) is 18.2 Å². The molecule has 0 radical (unpaired) electrons. The van der Waals surface area contributed by atoms with Crippen molar-refractivity contribution >= 4 is 15.7 Å². The van der Waals surface area contributed by atoms with Gasteiger partial charge < -0.3 is 4.74 Å². The second kappa shape index (κ2) is 5.65. The van der Waals surface area contributed by atoms with Crippen molar-refractivity contribution in [2.75, 3.05) is 4.72 Å². The van der Waals surface area contributed by atoms with Crippen LogP contribution in [-0.4, -0.2) is 13.9 Å². The fraction of sp³-hybridized carbons (Fsp3) is 0.0769. The summed E-state index contributed by atoms with van der Waals surface area (Å²) in [5.74, 6) is 0.928. The molecule has 0 aliphatic heterocycles. The van der Waals surface area contributed by atoms with E-state index in [1.54, 1.807) is 24.3 Å². The Bertz CT molecular complexity index is 698. The molecule has 21 heavy (non-hydrogen) atoms. The Morgan fingerprint density at radius 2 is 1.38 bits per heavy atom. The third-order valence-electron chi connectivity index (χ3n) is 2.39. The lowest BCUT2D eigenvalue weighted by molar-refractivity contribution is -0.0429. The highest BCUT2D eigenvalue weighted by Gasteiger charge is 2.45. The number of halogens is 3. The van der Waals surface area contributed by atoms with Crippen LogP contribution in [0.5, 0.6) is 11.5 Å². The van der Waals surface area contributed by atoms with Crippen molar-refractivity contribution in [3.05, 3.63) is 54.6 Å². The molecule has 0 heterocycles. The highest BCUT2D eigenvalue weighted by molar-refractivity contribution is 7.93. The first-order valence-electron chi connectivity index (χ1n) is 5.70. The van der Waals surface area contributed by atoms with Crippen LogP contribution in [0.1, 0.15) is 0 Å². The summed E-state index contributed by atoms with van der Waals surface area (Å²) in [6.45, 7) is 0. The van der Waals surface area contributed by atoms with Crippen LogP contribution in [0.25, 0.3) is 0 Å². The molecule has 1 N–H and O–H groups in total. The lowest BCUT2D eigenvalue weighted by atomic mass is 10.3. The number of anilines is 1. The van der Waals surface area contributed by atoms with Gasteiger partial charge in [0, 0.05) is 5.69 Å². The van der Waals surface area contributed by atoms with Gasteiger partial charge >= 0.3 is 15.5 Å². The first-order valence-corrected chi connectivity index (χ1v) is 7.18. The molecule has 0 aromatic heterocycles. The number of hydrogen-bond acceptors (Lipinski definition) is 3. The van der Waals surface area contributed by atoms with Gasteiger partial charge in [0.2, 0.25) is 0 Å². The topological polar surface area (TPSA) is 55.4 Å². The lowest BCUT2D eigenvalue weighted by Gasteiger charge is -2.11. The first kappa shape index (κ1) is 15.2. The Balaban J connectivity index is 2.10. The summed E-state index contributed by atoms with van der Waals surface area (Å²) < 4.78 is 65.4. The molecule has 2 aromatic rings.